The molecule has 15 heavy (non-hydrogen) atoms. The molecule has 1 heterocycles. The number of piperidine rings is 1. The van der Waals surface area contributed by atoms with Gasteiger partial charge in [-0.05, 0) is 39.4 Å². The van der Waals surface area contributed by atoms with Gasteiger partial charge >= 0.3 is 0 Å². The smallest absolute Gasteiger partial charge is 0.211 e. The predicted octanol–water partition coefficient (Wildman–Crippen LogP) is 0.629. The zero-order valence-electron chi connectivity index (χ0n) is 9.08. The van der Waals surface area contributed by atoms with Gasteiger partial charge in [-0.1, -0.05) is 0 Å². The molecule has 0 unspecified atom stereocenters. The Balaban J connectivity index is 2.34. The zero-order chi connectivity index (χ0) is 11.3. The summed E-state index contributed by atoms with van der Waals surface area (Å²) in [6.45, 7) is 1.92. The first-order valence-corrected chi connectivity index (χ1v) is 7.47. The lowest BCUT2D eigenvalue weighted by atomic mass is 10.1. The van der Waals surface area contributed by atoms with Gasteiger partial charge in [0.15, 0.2) is 0 Å². The second-order valence-electron chi connectivity index (χ2n) is 4.06. The molecule has 1 aliphatic heterocycles. The summed E-state index contributed by atoms with van der Waals surface area (Å²) < 4.78 is 25.8. The van der Waals surface area contributed by atoms with Crippen molar-refractivity contribution in [3.05, 3.63) is 0 Å². The SMILES string of the molecule is CN1CCC(NS(=O)(=O)CCCCl)CC1. The van der Waals surface area contributed by atoms with Crippen LogP contribution >= 0.6 is 11.6 Å². The highest BCUT2D eigenvalue weighted by Gasteiger charge is 2.21. The maximum Gasteiger partial charge on any atom is 0.211 e. The van der Waals surface area contributed by atoms with Crippen molar-refractivity contribution in [2.75, 3.05) is 31.8 Å². The first-order chi connectivity index (χ1) is 7.03. The van der Waals surface area contributed by atoms with Crippen LogP contribution in [0.4, 0.5) is 0 Å². The number of hydrogen-bond acceptors (Lipinski definition) is 3. The van der Waals surface area contributed by atoms with Crippen LogP contribution in [0.2, 0.25) is 0 Å². The fraction of sp³-hybridized carbons (Fsp3) is 1.00. The number of nitrogens with zero attached hydrogens (tertiary/aromatic N) is 1. The third-order valence-corrected chi connectivity index (χ3v) is 4.40. The molecule has 1 fully saturated rings. The van der Waals surface area contributed by atoms with E-state index in [0.717, 1.165) is 25.9 Å². The number of halogens is 1. The third kappa shape index (κ3) is 5.15. The lowest BCUT2D eigenvalue weighted by molar-refractivity contribution is 0.248. The molecule has 0 atom stereocenters. The van der Waals surface area contributed by atoms with Crippen molar-refractivity contribution in [3.63, 3.8) is 0 Å². The molecule has 0 spiro atoms. The molecule has 0 aromatic heterocycles. The highest BCUT2D eigenvalue weighted by atomic mass is 35.5. The van der Waals surface area contributed by atoms with Gasteiger partial charge in [0.25, 0.3) is 0 Å². The summed E-state index contributed by atoms with van der Waals surface area (Å²) in [4.78, 5) is 2.21. The number of hydrogen-bond donors (Lipinski definition) is 1. The average molecular weight is 255 g/mol. The Kier molecular flexibility index (Phi) is 5.32. The van der Waals surface area contributed by atoms with E-state index in [4.69, 9.17) is 11.6 Å². The van der Waals surface area contributed by atoms with E-state index in [0.29, 0.717) is 12.3 Å². The molecular formula is C9H19ClN2O2S. The minimum Gasteiger partial charge on any atom is -0.306 e. The van der Waals surface area contributed by atoms with Crippen molar-refractivity contribution in [2.45, 2.75) is 25.3 Å². The van der Waals surface area contributed by atoms with Crippen LogP contribution in [-0.4, -0.2) is 51.1 Å². The van der Waals surface area contributed by atoms with Gasteiger partial charge in [-0.25, -0.2) is 13.1 Å². The fourth-order valence-corrected chi connectivity index (χ4v) is 3.36. The lowest BCUT2D eigenvalue weighted by Crippen LogP contribution is -2.44. The van der Waals surface area contributed by atoms with Crippen molar-refractivity contribution < 1.29 is 8.42 Å². The van der Waals surface area contributed by atoms with Gasteiger partial charge in [0.05, 0.1) is 5.75 Å². The van der Waals surface area contributed by atoms with Crippen molar-refractivity contribution >= 4 is 21.6 Å². The molecule has 6 heteroatoms. The summed E-state index contributed by atoms with van der Waals surface area (Å²) in [5.74, 6) is 0.539. The summed E-state index contributed by atoms with van der Waals surface area (Å²) >= 11 is 5.47. The van der Waals surface area contributed by atoms with Crippen molar-refractivity contribution in [1.29, 1.82) is 0 Å². The number of sulfonamides is 1. The van der Waals surface area contributed by atoms with Crippen molar-refractivity contribution in [3.8, 4) is 0 Å². The van der Waals surface area contributed by atoms with Crippen molar-refractivity contribution in [2.24, 2.45) is 0 Å². The molecule has 0 radical (unpaired) electrons. The van der Waals surface area contributed by atoms with Crippen molar-refractivity contribution in [1.82, 2.24) is 9.62 Å². The summed E-state index contributed by atoms with van der Waals surface area (Å²) in [6, 6.07) is 0.113. The van der Waals surface area contributed by atoms with Gasteiger partial charge in [0, 0.05) is 11.9 Å². The second kappa shape index (κ2) is 6.03. The average Bonchev–Trinajstić information content (AvgIpc) is 2.18. The van der Waals surface area contributed by atoms with Gasteiger partial charge in [0.1, 0.15) is 0 Å². The normalized spacial score (nSPS) is 20.7. The third-order valence-electron chi connectivity index (χ3n) is 2.61. The Morgan fingerprint density at radius 3 is 2.53 bits per heavy atom. The van der Waals surface area contributed by atoms with Gasteiger partial charge < -0.3 is 4.90 Å². The van der Waals surface area contributed by atoms with Crippen LogP contribution in [0.25, 0.3) is 0 Å². The molecule has 4 nitrogen and oxygen atoms in total. The van der Waals surface area contributed by atoms with E-state index in [1.165, 1.54) is 0 Å². The molecule has 0 bridgehead atoms. The van der Waals surface area contributed by atoms with Gasteiger partial charge in [-0.3, -0.25) is 0 Å². The minimum absolute atomic E-state index is 0.113. The summed E-state index contributed by atoms with van der Waals surface area (Å²) in [7, 11) is -1.06. The number of rotatable bonds is 5. The molecule has 0 aromatic carbocycles. The van der Waals surface area contributed by atoms with Crippen LogP contribution in [0, 0.1) is 0 Å². The molecule has 0 aliphatic carbocycles. The first-order valence-electron chi connectivity index (χ1n) is 5.28. The molecule has 0 saturated carbocycles. The molecule has 1 N–H and O–H groups in total. The predicted molar refractivity (Wildman–Crippen MR) is 62.8 cm³/mol. The molecule has 1 saturated heterocycles. The Bertz CT molecular complexity index is 274. The minimum atomic E-state index is -3.11. The Morgan fingerprint density at radius 1 is 1.40 bits per heavy atom. The quantitative estimate of drug-likeness (QED) is 0.733. The van der Waals surface area contributed by atoms with Gasteiger partial charge in [-0.15, -0.1) is 11.6 Å². The van der Waals surface area contributed by atoms with E-state index in [-0.39, 0.29) is 11.8 Å². The standard InChI is InChI=1S/C9H19ClN2O2S/c1-12-6-3-9(4-7-12)11-15(13,14)8-2-5-10/h9,11H,2-8H2,1H3. The summed E-state index contributed by atoms with van der Waals surface area (Å²) in [5, 5.41) is 0. The Morgan fingerprint density at radius 2 is 2.00 bits per heavy atom. The number of nitrogens with one attached hydrogen (secondary N) is 1. The van der Waals surface area contributed by atoms with Crippen LogP contribution in [-0.2, 0) is 10.0 Å². The molecule has 0 amide bonds. The molecule has 0 aromatic rings. The van der Waals surface area contributed by atoms with E-state index in [1.807, 2.05) is 0 Å². The fourth-order valence-electron chi connectivity index (χ4n) is 1.68. The highest BCUT2D eigenvalue weighted by molar-refractivity contribution is 7.89. The van der Waals surface area contributed by atoms with E-state index in [2.05, 4.69) is 16.7 Å². The molecular weight excluding hydrogens is 236 g/mol. The first kappa shape index (κ1) is 13.2. The number of likely N-dealkylation sites (tertiary alicyclic amines) is 1. The van der Waals surface area contributed by atoms with Gasteiger partial charge in [-0.2, -0.15) is 0 Å². The monoisotopic (exact) mass is 254 g/mol. The van der Waals surface area contributed by atoms with Crippen LogP contribution in [0.15, 0.2) is 0 Å². The topological polar surface area (TPSA) is 49.4 Å². The summed E-state index contributed by atoms with van der Waals surface area (Å²) in [6.07, 6.45) is 2.32. The Hall–Kier alpha value is 0.160. The molecule has 1 rings (SSSR count). The van der Waals surface area contributed by atoms with Crippen LogP contribution in [0.1, 0.15) is 19.3 Å². The van der Waals surface area contributed by atoms with E-state index in [1.54, 1.807) is 0 Å². The maximum absolute atomic E-state index is 11.6. The summed E-state index contributed by atoms with van der Waals surface area (Å²) in [5.41, 5.74) is 0. The Labute approximate surface area is 97.0 Å². The van der Waals surface area contributed by atoms with Crippen LogP contribution in [0.3, 0.4) is 0 Å². The second-order valence-corrected chi connectivity index (χ2v) is 6.31. The molecule has 90 valence electrons. The molecule has 1 aliphatic rings. The zero-order valence-corrected chi connectivity index (χ0v) is 10.6. The maximum atomic E-state index is 11.6. The van der Waals surface area contributed by atoms with E-state index < -0.39 is 10.0 Å². The number of alkyl halides is 1. The largest absolute Gasteiger partial charge is 0.306 e. The van der Waals surface area contributed by atoms with Gasteiger partial charge in [0.2, 0.25) is 10.0 Å². The lowest BCUT2D eigenvalue weighted by Gasteiger charge is -2.29. The van der Waals surface area contributed by atoms with E-state index >= 15 is 0 Å². The van der Waals surface area contributed by atoms with Crippen LogP contribution in [0.5, 0.6) is 0 Å². The highest BCUT2D eigenvalue weighted by Crippen LogP contribution is 2.09. The van der Waals surface area contributed by atoms with E-state index in [9.17, 15) is 8.42 Å². The van der Waals surface area contributed by atoms with Crippen LogP contribution < -0.4 is 4.72 Å².